The Morgan fingerprint density at radius 3 is 2.65 bits per heavy atom. The second kappa shape index (κ2) is 8.94. The van der Waals surface area contributed by atoms with E-state index in [1.807, 2.05) is 43.3 Å². The number of hydrogen-bond donors (Lipinski definition) is 2. The fourth-order valence-electron chi connectivity index (χ4n) is 2.31. The van der Waals surface area contributed by atoms with E-state index < -0.39 is 0 Å². The molecule has 2 aromatic heterocycles. The van der Waals surface area contributed by atoms with Crippen molar-refractivity contribution in [2.75, 3.05) is 5.32 Å². The summed E-state index contributed by atoms with van der Waals surface area (Å²) in [6.07, 6.45) is 1.52. The summed E-state index contributed by atoms with van der Waals surface area (Å²) in [5.41, 5.74) is 8.37. The van der Waals surface area contributed by atoms with Crippen molar-refractivity contribution < 1.29 is 9.53 Å². The Labute approximate surface area is 157 Å². The van der Waals surface area contributed by atoms with Crippen LogP contribution in [-0.2, 0) is 6.54 Å². The van der Waals surface area contributed by atoms with Crippen molar-refractivity contribution in [3.05, 3.63) is 77.7 Å². The molecule has 134 valence electrons. The van der Waals surface area contributed by atoms with Crippen LogP contribution in [0.2, 0.25) is 0 Å². The number of carbonyl (C=O) groups excluding carboxylic acids is 1. The van der Waals surface area contributed by atoms with Crippen LogP contribution in [0.4, 0.5) is 5.69 Å². The van der Waals surface area contributed by atoms with Gasteiger partial charge < -0.3 is 15.8 Å². The zero-order chi connectivity index (χ0) is 17.6. The highest BCUT2D eigenvalue weighted by atomic mass is 35.5. The van der Waals surface area contributed by atoms with Crippen molar-refractivity contribution in [3.8, 4) is 11.6 Å². The SMILES string of the molecule is Cc1cc(CN)cc(Oc2ccnc(C(=O)Nc3ccccc3)c2)n1.Cl. The van der Waals surface area contributed by atoms with Gasteiger partial charge in [-0.1, -0.05) is 18.2 Å². The average molecular weight is 371 g/mol. The molecule has 6 nitrogen and oxygen atoms in total. The van der Waals surface area contributed by atoms with Gasteiger partial charge in [0.2, 0.25) is 5.88 Å². The number of para-hydroxylation sites is 1. The van der Waals surface area contributed by atoms with E-state index in [2.05, 4.69) is 15.3 Å². The molecule has 0 saturated carbocycles. The number of nitrogens with one attached hydrogen (secondary N) is 1. The molecule has 0 spiro atoms. The first-order chi connectivity index (χ1) is 12.1. The van der Waals surface area contributed by atoms with Gasteiger partial charge in [0.15, 0.2) is 0 Å². The number of benzene rings is 1. The Hall–Kier alpha value is -2.96. The van der Waals surface area contributed by atoms with Gasteiger partial charge in [0.05, 0.1) is 0 Å². The number of rotatable bonds is 5. The van der Waals surface area contributed by atoms with Gasteiger partial charge in [-0.3, -0.25) is 9.78 Å². The smallest absolute Gasteiger partial charge is 0.274 e. The molecular formula is C19H19ClN4O2. The van der Waals surface area contributed by atoms with Crippen LogP contribution in [0.5, 0.6) is 11.6 Å². The van der Waals surface area contributed by atoms with Crippen molar-refractivity contribution in [1.29, 1.82) is 0 Å². The molecule has 0 bridgehead atoms. The maximum atomic E-state index is 12.3. The average Bonchev–Trinajstić information content (AvgIpc) is 2.62. The van der Waals surface area contributed by atoms with Crippen molar-refractivity contribution in [1.82, 2.24) is 9.97 Å². The summed E-state index contributed by atoms with van der Waals surface area (Å²) >= 11 is 0. The maximum Gasteiger partial charge on any atom is 0.274 e. The molecule has 1 amide bonds. The largest absolute Gasteiger partial charge is 0.439 e. The number of ether oxygens (including phenoxy) is 1. The van der Waals surface area contributed by atoms with Gasteiger partial charge in [-0.25, -0.2) is 4.98 Å². The van der Waals surface area contributed by atoms with E-state index in [0.29, 0.717) is 23.9 Å². The lowest BCUT2D eigenvalue weighted by Gasteiger charge is -2.09. The van der Waals surface area contributed by atoms with E-state index in [-0.39, 0.29) is 24.0 Å². The second-order valence-electron chi connectivity index (χ2n) is 5.46. The molecule has 0 radical (unpaired) electrons. The second-order valence-corrected chi connectivity index (χ2v) is 5.46. The lowest BCUT2D eigenvalue weighted by Crippen LogP contribution is -2.13. The zero-order valence-corrected chi connectivity index (χ0v) is 15.0. The van der Waals surface area contributed by atoms with E-state index in [1.165, 1.54) is 6.20 Å². The molecule has 3 rings (SSSR count). The Morgan fingerprint density at radius 1 is 1.15 bits per heavy atom. The summed E-state index contributed by atoms with van der Waals surface area (Å²) in [5, 5.41) is 2.79. The first-order valence-corrected chi connectivity index (χ1v) is 7.82. The van der Waals surface area contributed by atoms with Gasteiger partial charge in [0, 0.05) is 36.3 Å². The van der Waals surface area contributed by atoms with Crippen LogP contribution >= 0.6 is 12.4 Å². The molecule has 3 aromatic rings. The van der Waals surface area contributed by atoms with Gasteiger partial charge in [-0.05, 0) is 36.8 Å². The monoisotopic (exact) mass is 370 g/mol. The van der Waals surface area contributed by atoms with Crippen molar-refractivity contribution in [2.24, 2.45) is 5.73 Å². The minimum absolute atomic E-state index is 0. The minimum Gasteiger partial charge on any atom is -0.439 e. The Morgan fingerprint density at radius 2 is 1.92 bits per heavy atom. The number of anilines is 1. The van der Waals surface area contributed by atoms with Crippen LogP contribution in [0.1, 0.15) is 21.7 Å². The Balaban J connectivity index is 0.00000243. The number of nitrogens with two attached hydrogens (primary N) is 1. The van der Waals surface area contributed by atoms with Gasteiger partial charge in [0.1, 0.15) is 11.4 Å². The van der Waals surface area contributed by atoms with Crippen molar-refractivity contribution in [2.45, 2.75) is 13.5 Å². The van der Waals surface area contributed by atoms with E-state index >= 15 is 0 Å². The number of aromatic nitrogens is 2. The summed E-state index contributed by atoms with van der Waals surface area (Å²) in [6, 6.07) is 16.1. The number of aryl methyl sites for hydroxylation is 1. The quantitative estimate of drug-likeness (QED) is 0.714. The molecule has 0 aliphatic rings. The van der Waals surface area contributed by atoms with Crippen molar-refractivity contribution in [3.63, 3.8) is 0 Å². The predicted octanol–water partition coefficient (Wildman–Crippen LogP) is 3.71. The minimum atomic E-state index is -0.309. The summed E-state index contributed by atoms with van der Waals surface area (Å²) < 4.78 is 5.76. The van der Waals surface area contributed by atoms with E-state index in [0.717, 1.165) is 11.3 Å². The number of hydrogen-bond acceptors (Lipinski definition) is 5. The molecule has 0 saturated heterocycles. The molecule has 2 heterocycles. The topological polar surface area (TPSA) is 90.1 Å². The van der Waals surface area contributed by atoms with Gasteiger partial charge >= 0.3 is 0 Å². The lowest BCUT2D eigenvalue weighted by molar-refractivity contribution is 0.102. The van der Waals surface area contributed by atoms with Gasteiger partial charge in [-0.15, -0.1) is 12.4 Å². The predicted molar refractivity (Wildman–Crippen MR) is 103 cm³/mol. The zero-order valence-electron chi connectivity index (χ0n) is 14.2. The number of carbonyl (C=O) groups is 1. The first kappa shape index (κ1) is 19.4. The number of pyridine rings is 2. The third-order valence-corrected chi connectivity index (χ3v) is 3.44. The van der Waals surface area contributed by atoms with E-state index in [1.54, 1.807) is 18.2 Å². The van der Waals surface area contributed by atoms with Crippen LogP contribution in [-0.4, -0.2) is 15.9 Å². The molecule has 0 aliphatic heterocycles. The highest BCUT2D eigenvalue weighted by molar-refractivity contribution is 6.03. The van der Waals surface area contributed by atoms with E-state index in [9.17, 15) is 4.79 Å². The lowest BCUT2D eigenvalue weighted by atomic mass is 10.2. The van der Waals surface area contributed by atoms with Gasteiger partial charge in [-0.2, -0.15) is 0 Å². The van der Waals surface area contributed by atoms with Crippen LogP contribution in [0, 0.1) is 6.92 Å². The number of amides is 1. The maximum absolute atomic E-state index is 12.3. The van der Waals surface area contributed by atoms with Crippen LogP contribution < -0.4 is 15.8 Å². The molecule has 0 unspecified atom stereocenters. The summed E-state index contributed by atoms with van der Waals surface area (Å²) in [6.45, 7) is 2.28. The number of halogens is 1. The first-order valence-electron chi connectivity index (χ1n) is 7.82. The standard InChI is InChI=1S/C19H18N4O2.ClH/c1-13-9-14(12-20)10-18(22-13)25-16-7-8-21-17(11-16)19(24)23-15-5-3-2-4-6-15;/h2-11H,12,20H2,1H3,(H,23,24);1H. The van der Waals surface area contributed by atoms with Crippen molar-refractivity contribution >= 4 is 24.0 Å². The third kappa shape index (κ3) is 5.02. The fraction of sp³-hybridized carbons (Fsp3) is 0.105. The Kier molecular flexibility index (Phi) is 6.66. The third-order valence-electron chi connectivity index (χ3n) is 3.44. The summed E-state index contributed by atoms with van der Waals surface area (Å²) in [5.74, 6) is 0.604. The normalized spacial score (nSPS) is 9.92. The van der Waals surface area contributed by atoms with Crippen LogP contribution in [0.15, 0.2) is 60.8 Å². The molecule has 1 aromatic carbocycles. The fourth-order valence-corrected chi connectivity index (χ4v) is 2.31. The summed E-state index contributed by atoms with van der Waals surface area (Å²) in [7, 11) is 0. The van der Waals surface area contributed by atoms with Crippen LogP contribution in [0.25, 0.3) is 0 Å². The molecule has 26 heavy (non-hydrogen) atoms. The Bertz CT molecular complexity index is 888. The summed E-state index contributed by atoms with van der Waals surface area (Å²) in [4.78, 5) is 20.7. The molecule has 3 N–H and O–H groups in total. The highest BCUT2D eigenvalue weighted by Gasteiger charge is 2.10. The molecule has 0 fully saturated rings. The molecular weight excluding hydrogens is 352 g/mol. The van der Waals surface area contributed by atoms with Crippen LogP contribution in [0.3, 0.4) is 0 Å². The molecule has 7 heteroatoms. The van der Waals surface area contributed by atoms with E-state index in [4.69, 9.17) is 10.5 Å². The highest BCUT2D eigenvalue weighted by Crippen LogP contribution is 2.21. The van der Waals surface area contributed by atoms with Gasteiger partial charge in [0.25, 0.3) is 5.91 Å². The molecule has 0 aliphatic carbocycles. The number of nitrogens with zero attached hydrogens (tertiary/aromatic N) is 2. The molecule has 0 atom stereocenters.